The summed E-state index contributed by atoms with van der Waals surface area (Å²) in [5, 5.41) is 9.82. The van der Waals surface area contributed by atoms with E-state index in [0.717, 1.165) is 0 Å². The predicted octanol–water partition coefficient (Wildman–Crippen LogP) is 1.78. The molecule has 2 aromatic rings. The van der Waals surface area contributed by atoms with Gasteiger partial charge in [0, 0.05) is 6.54 Å². The molecular formula is C10H9ClN2O2. The summed E-state index contributed by atoms with van der Waals surface area (Å²) in [7, 11) is 0. The molecule has 4 nitrogen and oxygen atoms in total. The number of hydrogen-bond donors (Lipinski definition) is 1. The van der Waals surface area contributed by atoms with Gasteiger partial charge < -0.3 is 5.11 Å². The normalized spacial score (nSPS) is 10.8. The third-order valence-corrected chi connectivity index (χ3v) is 2.50. The van der Waals surface area contributed by atoms with Gasteiger partial charge in [-0.3, -0.25) is 9.36 Å². The average molecular weight is 225 g/mol. The molecule has 0 radical (unpaired) electrons. The van der Waals surface area contributed by atoms with Gasteiger partial charge in [-0.1, -0.05) is 0 Å². The highest BCUT2D eigenvalue weighted by Gasteiger charge is 2.08. The summed E-state index contributed by atoms with van der Waals surface area (Å²) in [6.07, 6.45) is 0. The Morgan fingerprint density at radius 2 is 2.27 bits per heavy atom. The first-order valence-electron chi connectivity index (χ1n) is 4.52. The van der Waals surface area contributed by atoms with Crippen molar-refractivity contribution in [3.63, 3.8) is 0 Å². The first kappa shape index (κ1) is 9.98. The number of phenols is 1. The highest BCUT2D eigenvalue weighted by atomic mass is 35.5. The zero-order valence-corrected chi connectivity index (χ0v) is 8.82. The zero-order chi connectivity index (χ0) is 11.0. The lowest BCUT2D eigenvalue weighted by Gasteiger charge is -2.06. The van der Waals surface area contributed by atoms with Crippen LogP contribution in [0.5, 0.6) is 5.75 Å². The minimum absolute atomic E-state index is 0.0476. The van der Waals surface area contributed by atoms with Crippen LogP contribution in [-0.4, -0.2) is 14.7 Å². The fraction of sp³-hybridized carbons (Fsp3) is 0.200. The minimum atomic E-state index is -0.233. The van der Waals surface area contributed by atoms with Crippen molar-refractivity contribution in [3.8, 4) is 5.75 Å². The Kier molecular flexibility index (Phi) is 2.36. The Bertz CT molecular complexity index is 577. The van der Waals surface area contributed by atoms with E-state index in [-0.39, 0.29) is 16.6 Å². The minimum Gasteiger partial charge on any atom is -0.508 e. The number of halogens is 1. The third-order valence-electron chi connectivity index (χ3n) is 2.21. The summed E-state index contributed by atoms with van der Waals surface area (Å²) in [5.74, 6) is 0.0476. The van der Waals surface area contributed by atoms with Gasteiger partial charge in [-0.15, -0.1) is 0 Å². The maximum Gasteiger partial charge on any atom is 0.262 e. The van der Waals surface area contributed by atoms with Crippen molar-refractivity contribution in [2.45, 2.75) is 13.5 Å². The molecule has 78 valence electrons. The van der Waals surface area contributed by atoms with E-state index in [4.69, 9.17) is 11.6 Å². The molecule has 0 saturated heterocycles. The lowest BCUT2D eigenvalue weighted by molar-refractivity contribution is 0.476. The van der Waals surface area contributed by atoms with Crippen molar-refractivity contribution in [2.24, 2.45) is 0 Å². The van der Waals surface area contributed by atoms with Crippen molar-refractivity contribution in [3.05, 3.63) is 33.8 Å². The molecule has 0 unspecified atom stereocenters. The number of rotatable bonds is 1. The lowest BCUT2D eigenvalue weighted by atomic mass is 10.2. The third kappa shape index (κ3) is 1.57. The van der Waals surface area contributed by atoms with Crippen LogP contribution in [0.4, 0.5) is 0 Å². The molecule has 0 spiro atoms. The van der Waals surface area contributed by atoms with Crippen molar-refractivity contribution in [1.82, 2.24) is 9.55 Å². The highest BCUT2D eigenvalue weighted by Crippen LogP contribution is 2.16. The first-order valence-corrected chi connectivity index (χ1v) is 4.90. The van der Waals surface area contributed by atoms with Crippen LogP contribution in [0.2, 0.25) is 5.28 Å². The van der Waals surface area contributed by atoms with Crippen LogP contribution in [-0.2, 0) is 6.54 Å². The molecule has 0 aliphatic heterocycles. The first-order chi connectivity index (χ1) is 7.13. The van der Waals surface area contributed by atoms with Crippen molar-refractivity contribution in [1.29, 1.82) is 0 Å². The van der Waals surface area contributed by atoms with E-state index in [9.17, 15) is 9.90 Å². The van der Waals surface area contributed by atoms with Crippen LogP contribution in [0.1, 0.15) is 6.92 Å². The van der Waals surface area contributed by atoms with Crippen LogP contribution < -0.4 is 5.56 Å². The van der Waals surface area contributed by atoms with Crippen molar-refractivity contribution >= 4 is 22.5 Å². The molecule has 1 aromatic carbocycles. The van der Waals surface area contributed by atoms with Crippen LogP contribution in [0.15, 0.2) is 23.0 Å². The van der Waals surface area contributed by atoms with E-state index >= 15 is 0 Å². The van der Waals surface area contributed by atoms with Gasteiger partial charge in [-0.05, 0) is 36.7 Å². The molecule has 0 fully saturated rings. The summed E-state index contributed by atoms with van der Waals surface area (Å²) < 4.78 is 1.35. The summed E-state index contributed by atoms with van der Waals surface area (Å²) >= 11 is 5.84. The highest BCUT2D eigenvalue weighted by molar-refractivity contribution is 6.28. The van der Waals surface area contributed by atoms with Crippen LogP contribution >= 0.6 is 11.6 Å². The zero-order valence-electron chi connectivity index (χ0n) is 8.07. The van der Waals surface area contributed by atoms with Crippen LogP contribution in [0.3, 0.4) is 0 Å². The Balaban J connectivity index is 2.92. The molecule has 0 bridgehead atoms. The molecule has 1 N–H and O–H groups in total. The number of hydrogen-bond acceptors (Lipinski definition) is 3. The smallest absolute Gasteiger partial charge is 0.262 e. The van der Waals surface area contributed by atoms with Crippen LogP contribution in [0, 0.1) is 0 Å². The van der Waals surface area contributed by atoms with E-state index in [2.05, 4.69) is 4.98 Å². The molecule has 0 aliphatic rings. The van der Waals surface area contributed by atoms with E-state index in [1.54, 1.807) is 6.07 Å². The average Bonchev–Trinajstić information content (AvgIpc) is 2.20. The van der Waals surface area contributed by atoms with Gasteiger partial charge in [0.25, 0.3) is 5.56 Å². The number of aromatic hydroxyl groups is 1. The fourth-order valence-electron chi connectivity index (χ4n) is 1.46. The molecule has 0 aliphatic carbocycles. The quantitative estimate of drug-likeness (QED) is 0.752. The second kappa shape index (κ2) is 3.55. The Labute approximate surface area is 90.8 Å². The molecule has 0 saturated carbocycles. The fourth-order valence-corrected chi connectivity index (χ4v) is 1.74. The number of phenolic OH excluding ortho intramolecular Hbond substituents is 1. The molecule has 1 heterocycles. The van der Waals surface area contributed by atoms with Gasteiger partial charge in [-0.2, -0.15) is 0 Å². The maximum absolute atomic E-state index is 11.9. The van der Waals surface area contributed by atoms with Gasteiger partial charge in [0.05, 0.1) is 10.9 Å². The van der Waals surface area contributed by atoms with Gasteiger partial charge in [0.2, 0.25) is 5.28 Å². The summed E-state index contributed by atoms with van der Waals surface area (Å²) in [6.45, 7) is 2.26. The van der Waals surface area contributed by atoms with Crippen molar-refractivity contribution < 1.29 is 5.11 Å². The monoisotopic (exact) mass is 224 g/mol. The van der Waals surface area contributed by atoms with E-state index in [1.165, 1.54) is 16.7 Å². The molecule has 2 rings (SSSR count). The standard InChI is InChI=1S/C10H9ClN2O2/c1-2-13-9(15)7-5-6(14)3-4-8(7)12-10(13)11/h3-5,14H,2H2,1H3. The summed E-state index contributed by atoms with van der Waals surface area (Å²) in [6, 6.07) is 4.44. The number of aromatic nitrogens is 2. The van der Waals surface area contributed by atoms with Gasteiger partial charge in [0.15, 0.2) is 0 Å². The summed E-state index contributed by atoms with van der Waals surface area (Å²) in [5.41, 5.74) is 0.260. The second-order valence-corrected chi connectivity index (χ2v) is 3.47. The summed E-state index contributed by atoms with van der Waals surface area (Å²) in [4.78, 5) is 15.9. The Morgan fingerprint density at radius 3 is 2.93 bits per heavy atom. The number of benzene rings is 1. The molecule has 5 heteroatoms. The predicted molar refractivity (Wildman–Crippen MR) is 58.4 cm³/mol. The topological polar surface area (TPSA) is 55.1 Å². The molecule has 0 atom stereocenters. The molecule has 0 amide bonds. The second-order valence-electron chi connectivity index (χ2n) is 3.13. The van der Waals surface area contributed by atoms with Gasteiger partial charge >= 0.3 is 0 Å². The van der Waals surface area contributed by atoms with Gasteiger partial charge in [0.1, 0.15) is 5.75 Å². The Morgan fingerprint density at radius 1 is 1.53 bits per heavy atom. The van der Waals surface area contributed by atoms with Crippen LogP contribution in [0.25, 0.3) is 10.9 Å². The lowest BCUT2D eigenvalue weighted by Crippen LogP contribution is -2.21. The van der Waals surface area contributed by atoms with Gasteiger partial charge in [-0.25, -0.2) is 4.98 Å². The number of nitrogens with zero attached hydrogens (tertiary/aromatic N) is 2. The molecule has 15 heavy (non-hydrogen) atoms. The Hall–Kier alpha value is -1.55. The van der Waals surface area contributed by atoms with E-state index in [0.29, 0.717) is 17.4 Å². The largest absolute Gasteiger partial charge is 0.508 e. The maximum atomic E-state index is 11.9. The van der Waals surface area contributed by atoms with E-state index < -0.39 is 0 Å². The number of fused-ring (bicyclic) bond motifs is 1. The SMILES string of the molecule is CCn1c(Cl)nc2ccc(O)cc2c1=O. The molecule has 1 aromatic heterocycles. The van der Waals surface area contributed by atoms with E-state index in [1.807, 2.05) is 6.92 Å². The molecular weight excluding hydrogens is 216 g/mol. The van der Waals surface area contributed by atoms with Crippen molar-refractivity contribution in [2.75, 3.05) is 0 Å².